The van der Waals surface area contributed by atoms with Gasteiger partial charge >= 0.3 is 6.36 Å². The van der Waals surface area contributed by atoms with Crippen molar-refractivity contribution in [2.45, 2.75) is 25.2 Å². The minimum Gasteiger partial charge on any atom is -0.405 e. The minimum atomic E-state index is -4.95. The molecular weight excluding hydrogens is 453 g/mol. The van der Waals surface area contributed by atoms with Gasteiger partial charge in [0.1, 0.15) is 5.75 Å². The maximum atomic E-state index is 13.2. The van der Waals surface area contributed by atoms with Crippen LogP contribution in [0, 0.1) is 0 Å². The Bertz CT molecular complexity index is 1270. The molecule has 5 nitrogen and oxygen atoms in total. The van der Waals surface area contributed by atoms with Crippen LogP contribution in [0.2, 0.25) is 0 Å². The molecule has 2 aromatic carbocycles. The number of rotatable bonds is 7. The molecule has 3 N–H and O–H groups in total. The van der Waals surface area contributed by atoms with Gasteiger partial charge in [-0.25, -0.2) is 0 Å². The predicted molar refractivity (Wildman–Crippen MR) is 121 cm³/mol. The summed E-state index contributed by atoms with van der Waals surface area (Å²) in [6.45, 7) is 1.22. The lowest BCUT2D eigenvalue weighted by Crippen LogP contribution is -2.50. The monoisotopic (exact) mass is 474 g/mol. The zero-order valence-corrected chi connectivity index (χ0v) is 18.4. The average molecular weight is 475 g/mol. The van der Waals surface area contributed by atoms with Gasteiger partial charge in [0, 0.05) is 22.0 Å². The predicted octanol–water partition coefficient (Wildman–Crippen LogP) is 5.52. The summed E-state index contributed by atoms with van der Waals surface area (Å²) < 4.78 is 43.0. The lowest BCUT2D eigenvalue weighted by atomic mass is 9.92. The molecule has 4 rings (SSSR count). The van der Waals surface area contributed by atoms with Gasteiger partial charge in [-0.05, 0) is 60.2 Å². The van der Waals surface area contributed by atoms with E-state index in [0.717, 1.165) is 27.4 Å². The van der Waals surface area contributed by atoms with E-state index in [-0.39, 0.29) is 12.0 Å². The van der Waals surface area contributed by atoms with Crippen molar-refractivity contribution in [3.63, 3.8) is 0 Å². The van der Waals surface area contributed by atoms with E-state index in [0.29, 0.717) is 5.56 Å². The molecule has 1 unspecified atom stereocenters. The fourth-order valence-electron chi connectivity index (χ4n) is 3.70. The number of alkyl halides is 3. The number of carbonyl (C=O) groups is 1. The number of ether oxygens (including phenoxy) is 1. The number of thiophene rings is 1. The van der Waals surface area contributed by atoms with Gasteiger partial charge in [0.05, 0.1) is 17.7 Å². The van der Waals surface area contributed by atoms with Crippen molar-refractivity contribution in [2.24, 2.45) is 0 Å². The van der Waals surface area contributed by atoms with Crippen molar-refractivity contribution in [3.05, 3.63) is 77.3 Å². The number of amides is 1. The summed E-state index contributed by atoms with van der Waals surface area (Å²) in [7, 11) is 0. The molecule has 0 bridgehead atoms. The van der Waals surface area contributed by atoms with Gasteiger partial charge in [0.2, 0.25) is 0 Å². The normalized spacial score (nSPS) is 13.6. The molecule has 0 aliphatic heterocycles. The quantitative estimate of drug-likeness (QED) is 0.330. The van der Waals surface area contributed by atoms with E-state index >= 15 is 0 Å². The Morgan fingerprint density at radius 1 is 1.15 bits per heavy atom. The fourth-order valence-corrected chi connectivity index (χ4v) is 4.42. The third kappa shape index (κ3) is 5.20. The minimum absolute atomic E-state index is 0.263. The van der Waals surface area contributed by atoms with Gasteiger partial charge in [-0.1, -0.05) is 24.3 Å². The Morgan fingerprint density at radius 3 is 2.64 bits per heavy atom. The number of H-pyrrole nitrogens is 1. The molecule has 172 valence electrons. The highest BCUT2D eigenvalue weighted by Crippen LogP contribution is 2.33. The van der Waals surface area contributed by atoms with Crippen LogP contribution >= 0.6 is 11.3 Å². The topological polar surface area (TPSA) is 74.4 Å². The second kappa shape index (κ2) is 8.92. The van der Waals surface area contributed by atoms with Crippen molar-refractivity contribution in [1.82, 2.24) is 10.3 Å². The fraction of sp³-hybridized carbons (Fsp3) is 0.208. The first-order valence-corrected chi connectivity index (χ1v) is 11.0. The molecule has 2 heterocycles. The Kier molecular flexibility index (Phi) is 6.18. The maximum Gasteiger partial charge on any atom is 0.573 e. The van der Waals surface area contributed by atoms with Crippen molar-refractivity contribution >= 4 is 28.1 Å². The van der Waals surface area contributed by atoms with Crippen LogP contribution in [-0.4, -0.2) is 34.5 Å². The number of para-hydroxylation sites is 1. The Balaban J connectivity index is 1.65. The van der Waals surface area contributed by atoms with E-state index in [1.807, 2.05) is 35.7 Å². The van der Waals surface area contributed by atoms with Crippen molar-refractivity contribution in [1.29, 1.82) is 0 Å². The largest absolute Gasteiger partial charge is 0.573 e. The number of aromatic amines is 1. The second-order valence-electron chi connectivity index (χ2n) is 7.95. The van der Waals surface area contributed by atoms with Crippen LogP contribution in [0.1, 0.15) is 22.8 Å². The van der Waals surface area contributed by atoms with Crippen LogP contribution in [0.4, 0.5) is 13.2 Å². The highest BCUT2D eigenvalue weighted by Gasteiger charge is 2.34. The van der Waals surface area contributed by atoms with Gasteiger partial charge in [0.25, 0.3) is 5.91 Å². The smallest absolute Gasteiger partial charge is 0.405 e. The second-order valence-corrected chi connectivity index (χ2v) is 8.89. The third-order valence-electron chi connectivity index (χ3n) is 5.28. The van der Waals surface area contributed by atoms with Gasteiger partial charge < -0.3 is 20.1 Å². The number of hydrogen-bond acceptors (Lipinski definition) is 4. The highest BCUT2D eigenvalue weighted by molar-refractivity contribution is 7.13. The molecule has 1 amide bonds. The van der Waals surface area contributed by atoms with Gasteiger partial charge in [-0.15, -0.1) is 24.5 Å². The Hall–Kier alpha value is -3.30. The third-order valence-corrected chi connectivity index (χ3v) is 6.19. The highest BCUT2D eigenvalue weighted by atomic mass is 32.1. The van der Waals surface area contributed by atoms with Crippen LogP contribution in [0.5, 0.6) is 5.75 Å². The van der Waals surface area contributed by atoms with Crippen LogP contribution in [0.3, 0.4) is 0 Å². The summed E-state index contributed by atoms with van der Waals surface area (Å²) >= 11 is 1.40. The first kappa shape index (κ1) is 22.9. The van der Waals surface area contributed by atoms with Crippen LogP contribution in [-0.2, 0) is 6.42 Å². The van der Waals surface area contributed by atoms with E-state index in [4.69, 9.17) is 0 Å². The molecular formula is C24H21F3N2O3S. The number of fused-ring (bicyclic) bond motifs is 1. The summed E-state index contributed by atoms with van der Waals surface area (Å²) in [6.07, 6.45) is -2.90. The molecule has 0 aliphatic carbocycles. The van der Waals surface area contributed by atoms with Gasteiger partial charge in [-0.3, -0.25) is 4.79 Å². The molecule has 0 saturated carbocycles. The number of carbonyl (C=O) groups excluding carboxylic acids is 1. The van der Waals surface area contributed by atoms with E-state index in [2.05, 4.69) is 15.0 Å². The molecule has 0 aliphatic rings. The summed E-state index contributed by atoms with van der Waals surface area (Å²) in [5.74, 6) is -1.38. The Morgan fingerprint density at radius 2 is 1.94 bits per heavy atom. The van der Waals surface area contributed by atoms with E-state index in [9.17, 15) is 23.1 Å². The number of aliphatic hydroxyl groups is 1. The van der Waals surface area contributed by atoms with Crippen molar-refractivity contribution in [2.75, 3.05) is 6.61 Å². The number of benzene rings is 2. The van der Waals surface area contributed by atoms with Gasteiger partial charge in [0.15, 0.2) is 0 Å². The molecule has 0 spiro atoms. The van der Waals surface area contributed by atoms with Crippen LogP contribution in [0.15, 0.2) is 66.2 Å². The van der Waals surface area contributed by atoms with Crippen LogP contribution in [0.25, 0.3) is 21.3 Å². The number of nitrogens with one attached hydrogen (secondary N) is 2. The molecule has 0 saturated heterocycles. The number of aromatic nitrogens is 1. The summed E-state index contributed by atoms with van der Waals surface area (Å²) in [5.41, 5.74) is 0.963. The Labute approximate surface area is 191 Å². The summed E-state index contributed by atoms with van der Waals surface area (Å²) in [4.78, 5) is 17.1. The molecule has 4 aromatic rings. The summed E-state index contributed by atoms with van der Waals surface area (Å²) in [6, 6.07) is 15.2. The molecule has 2 aromatic heterocycles. The zero-order valence-electron chi connectivity index (χ0n) is 17.6. The molecule has 9 heteroatoms. The first-order chi connectivity index (χ1) is 15.7. The molecule has 0 radical (unpaired) electrons. The molecule has 1 atom stereocenters. The number of halogens is 3. The maximum absolute atomic E-state index is 13.2. The van der Waals surface area contributed by atoms with E-state index in [1.54, 1.807) is 19.2 Å². The number of hydrogen-bond donors (Lipinski definition) is 3. The van der Waals surface area contributed by atoms with E-state index < -0.39 is 30.2 Å². The average Bonchev–Trinajstić information content (AvgIpc) is 3.44. The summed E-state index contributed by atoms with van der Waals surface area (Å²) in [5, 5.41) is 15.6. The SMILES string of the molecule is CC(CO)(Cc1c[nH]c2ccccc12)NC(=O)c1cc(-c2cccs2)ccc1OC(F)(F)F. The standard InChI is InChI=1S/C24H21F3N2O3S/c1-23(14-30,12-16-13-28-19-6-3-2-5-17(16)19)29-22(31)18-11-15(21-7-4-10-33-21)8-9-20(18)32-24(25,26)27/h2-11,13,28,30H,12,14H2,1H3,(H,29,31). The molecule has 0 fully saturated rings. The molecule has 33 heavy (non-hydrogen) atoms. The lowest BCUT2D eigenvalue weighted by Gasteiger charge is -2.29. The zero-order chi connectivity index (χ0) is 23.6. The number of aliphatic hydroxyl groups excluding tert-OH is 1. The van der Waals surface area contributed by atoms with Crippen molar-refractivity contribution in [3.8, 4) is 16.2 Å². The first-order valence-electron chi connectivity index (χ1n) is 10.1. The van der Waals surface area contributed by atoms with Crippen molar-refractivity contribution < 1.29 is 27.8 Å². The van der Waals surface area contributed by atoms with E-state index in [1.165, 1.54) is 23.5 Å². The lowest BCUT2D eigenvalue weighted by molar-refractivity contribution is -0.274. The van der Waals surface area contributed by atoms with Gasteiger partial charge in [-0.2, -0.15) is 0 Å². The van der Waals surface area contributed by atoms with Crippen LogP contribution < -0.4 is 10.1 Å².